The predicted octanol–water partition coefficient (Wildman–Crippen LogP) is 9.37. The van der Waals surface area contributed by atoms with Crippen molar-refractivity contribution in [1.29, 1.82) is 0 Å². The molecule has 0 spiro atoms. The molecule has 0 aliphatic carbocycles. The molecule has 0 fully saturated rings. The van der Waals surface area contributed by atoms with E-state index in [1.165, 1.54) is 39.6 Å². The Morgan fingerprint density at radius 1 is 0.643 bits per heavy atom. The van der Waals surface area contributed by atoms with Gasteiger partial charge in [-0.05, 0) is 193 Å². The maximum atomic E-state index is 12.4. The normalized spacial score (nSPS) is 9.27. The molecule has 0 aliphatic heterocycles. The monoisotopic (exact) mass is 1550 g/mol. The van der Waals surface area contributed by atoms with Crippen molar-refractivity contribution in [3.05, 3.63) is 194 Å². The average molecular weight is 1560 g/mol. The molecule has 9 N–H and O–H groups in total. The van der Waals surface area contributed by atoms with Crippen LogP contribution in [0.5, 0.6) is 0 Å². The van der Waals surface area contributed by atoms with Crippen LogP contribution < -0.4 is 141 Å². The molecule has 0 aliphatic rings. The van der Waals surface area contributed by atoms with E-state index < -0.39 is 5.24 Å². The third-order valence-corrected chi connectivity index (χ3v) is 14.9. The van der Waals surface area contributed by atoms with Crippen LogP contribution in [0.2, 0.25) is 0 Å². The van der Waals surface area contributed by atoms with Gasteiger partial charge in [0.2, 0.25) is 17.1 Å². The Morgan fingerprint density at radius 2 is 1.06 bits per heavy atom. The van der Waals surface area contributed by atoms with Crippen molar-refractivity contribution in [2.24, 2.45) is 5.84 Å². The smallest absolute Gasteiger partial charge is 1.00 e. The van der Waals surface area contributed by atoms with Gasteiger partial charge in [0, 0.05) is 53.4 Å². The first-order chi connectivity index (χ1) is 45.2. The number of alkyl halides is 4. The van der Waals surface area contributed by atoms with Gasteiger partial charge in [0.25, 0.3) is 6.47 Å². The van der Waals surface area contributed by atoms with Crippen molar-refractivity contribution in [2.75, 3.05) is 51.1 Å². The van der Waals surface area contributed by atoms with Crippen LogP contribution in [0, 0.1) is 67.1 Å². The number of benzene rings is 6. The van der Waals surface area contributed by atoms with Gasteiger partial charge in [-0.25, -0.2) is 5.84 Å². The second-order valence-electron chi connectivity index (χ2n) is 19.6. The van der Waals surface area contributed by atoms with E-state index in [4.69, 9.17) is 104 Å². The van der Waals surface area contributed by atoms with Crippen molar-refractivity contribution in [2.45, 2.75) is 122 Å². The van der Waals surface area contributed by atoms with E-state index in [0.717, 1.165) is 86.0 Å². The van der Waals surface area contributed by atoms with Gasteiger partial charge in [0.1, 0.15) is 17.5 Å². The number of hydrazine groups is 1. The second-order valence-corrected chi connectivity index (χ2v) is 23.1. The molecule has 98 heavy (non-hydrogen) atoms. The van der Waals surface area contributed by atoms with Crippen LogP contribution in [-0.4, -0.2) is 93.6 Å². The first-order valence-corrected chi connectivity index (χ1v) is 33.6. The maximum absolute atomic E-state index is 12.4. The fourth-order valence-electron chi connectivity index (χ4n) is 7.22. The topological polar surface area (TPSA) is 291 Å². The van der Waals surface area contributed by atoms with Gasteiger partial charge >= 0.3 is 109 Å². The van der Waals surface area contributed by atoms with Gasteiger partial charge < -0.3 is 43.4 Å². The van der Waals surface area contributed by atoms with Crippen LogP contribution in [0.1, 0.15) is 105 Å². The number of anilines is 4. The Hall–Kier alpha value is -4.15. The summed E-state index contributed by atoms with van der Waals surface area (Å²) in [7, 11) is 0. The largest absolute Gasteiger partial charge is 1.00 e. The maximum Gasteiger partial charge on any atom is 1.00 e. The summed E-state index contributed by atoms with van der Waals surface area (Å²) >= 11 is 35.9. The number of nitrogen functional groups attached to an aromatic ring is 1. The summed E-state index contributed by atoms with van der Waals surface area (Å²) in [6.45, 7) is 26.3. The number of hydrogen-bond acceptors (Lipinski definition) is 16. The number of carbonyl (C=O) groups excluding carboxylic acids is 5. The number of ether oxygens (including phenoxy) is 1. The molecular weight excluding hydrogens is 1460 g/mol. The van der Waals surface area contributed by atoms with Crippen molar-refractivity contribution < 1.29 is 143 Å². The molecule has 8 rings (SSSR count). The number of thioether (sulfide) groups is 1. The van der Waals surface area contributed by atoms with Crippen molar-refractivity contribution in [3.8, 4) is 11.4 Å². The molecule has 6 aromatic carbocycles. The molecule has 526 valence electrons. The van der Waals surface area contributed by atoms with E-state index in [1.54, 1.807) is 13.8 Å². The third kappa shape index (κ3) is 41.7. The Bertz CT molecular complexity index is 3640. The Labute approximate surface area is 704 Å². The molecule has 8 aromatic rings. The molecule has 0 atom stereocenters. The summed E-state index contributed by atoms with van der Waals surface area (Å²) < 4.78 is 9.19. The van der Waals surface area contributed by atoms with E-state index in [-0.39, 0.29) is 159 Å². The minimum Gasteiger partial charge on any atom is -1.00 e. The zero-order chi connectivity index (χ0) is 72.0. The van der Waals surface area contributed by atoms with Crippen molar-refractivity contribution in [3.63, 3.8) is 0 Å². The second kappa shape index (κ2) is 59.4. The minimum absolute atomic E-state index is 0. The predicted molar refractivity (Wildman–Crippen MR) is 404 cm³/mol. The number of esters is 1. The zero-order valence-corrected chi connectivity index (χ0v) is 70.1. The molecular formula is C68H91Cl5K2N12O8S3. The van der Waals surface area contributed by atoms with Gasteiger partial charge in [-0.3, -0.25) is 38.2 Å². The van der Waals surface area contributed by atoms with Gasteiger partial charge in [0.05, 0.1) is 23.6 Å². The number of rotatable bonds is 15. The van der Waals surface area contributed by atoms with Crippen LogP contribution in [0.3, 0.4) is 0 Å². The molecule has 0 saturated carbocycles. The van der Waals surface area contributed by atoms with Crippen LogP contribution in [0.15, 0.2) is 133 Å². The number of aromatic amines is 1. The van der Waals surface area contributed by atoms with E-state index in [9.17, 15) is 19.2 Å². The number of nitrogens with one attached hydrogen (secondary N) is 5. The molecule has 2 aromatic heterocycles. The number of halogens is 5. The first-order valence-electron chi connectivity index (χ1n) is 29.3. The Balaban J connectivity index is -0.000000358. The van der Waals surface area contributed by atoms with E-state index in [2.05, 4.69) is 141 Å². The number of hydrogen-bond donors (Lipinski definition) is 7. The van der Waals surface area contributed by atoms with Gasteiger partial charge in [-0.2, -0.15) is 5.10 Å². The number of nitrogens with zero attached hydrogens (tertiary/aromatic N) is 5. The minimum atomic E-state index is -0.508. The van der Waals surface area contributed by atoms with Crippen LogP contribution in [0.4, 0.5) is 22.7 Å². The van der Waals surface area contributed by atoms with E-state index in [0.29, 0.717) is 22.9 Å². The zero-order valence-electron chi connectivity index (χ0n) is 58.6. The molecule has 0 radical (unpaired) electrons. The standard InChI is InChI=1S/C21H24N4OS.C11H13N3S.C10H12ClNO.C8H11N3S.C8H11N.C5H10O2.C2H2Cl2O.CH2Cl2.CH2O3.CH4.2K.H/c1-5-19-23-24-21(25(19)17-11-9-14(2)10-12-17)27-13-20(26)22-18-8-6-7-15(3)16(18)4;1-3-10-12-13-11(15)14(10)9-6-4-8(2)5-7-9;1-7-4-3-5-9(8(7)2)12-10(13)6-11;1-6-2-4-7(5-3-6)10-8(12)11-9;1-6-4-3-5-8(9)7(6)2;1-3-5(6)7-4-2;3-1-2(4)5;2-1-3;2-1-4-3;;;;/h6-12H,5,13H2,1-4H3,(H,22,26);4-7H,3H2,1-2H3,(H,13,15);3-5H,6H2,1-2H3,(H,12,13);2-5H,9H2,1H3,(H2,10,11,12);3-5H,9H2,1-2H3;3-4H2,1-2H3;1H2;1H2;1,3H;1H4;;;/q;;;;;;;;;;2*+1;-1/p-1. The molecule has 20 nitrogen and oxygen atoms in total. The Morgan fingerprint density at radius 3 is 1.43 bits per heavy atom. The van der Waals surface area contributed by atoms with Crippen LogP contribution >= 0.6 is 94.2 Å². The van der Waals surface area contributed by atoms with E-state index in [1.807, 2.05) is 123 Å². The summed E-state index contributed by atoms with van der Waals surface area (Å²) in [6, 6.07) is 42.0. The summed E-state index contributed by atoms with van der Waals surface area (Å²) in [6.07, 6.45) is 2.12. The molecule has 30 heteroatoms. The number of carbonyl (C=O) groups is 5. The van der Waals surface area contributed by atoms with Crippen molar-refractivity contribution >= 4 is 152 Å². The van der Waals surface area contributed by atoms with Gasteiger partial charge in [0.15, 0.2) is 15.0 Å². The fourth-order valence-corrected chi connectivity index (χ4v) is 8.43. The molecule has 2 amide bonds. The third-order valence-electron chi connectivity index (χ3n) is 12.7. The van der Waals surface area contributed by atoms with E-state index >= 15 is 0 Å². The number of thiocarbonyl (C=S) groups is 1. The summed E-state index contributed by atoms with van der Waals surface area (Å²) in [5.74, 6) is 6.78. The quantitative estimate of drug-likeness (QED) is 0.00430. The Kier molecular flexibility index (Phi) is 60.7. The molecule has 2 heterocycles. The SMILES string of the molecule is C.CCOC(=O)CC.CCc1n[nH]c(=S)n1-c1ccc(C)cc1.CCc1nnc(SCC(=O)Nc2cccc(C)c2C)n1-c1ccc(C)cc1.Cc1ccc(NC(=S)NN)cc1.Cc1cccc(N)c1C.Cc1cccc(NC(=O)CCl)c1C.ClCCl.O=C(Cl)CCl.O=CO[O-].[H-].[K+].[K+]. The van der Waals surface area contributed by atoms with Crippen LogP contribution in [0.25, 0.3) is 11.4 Å². The van der Waals surface area contributed by atoms with Crippen molar-refractivity contribution in [1.82, 2.24) is 35.0 Å². The fraction of sp³-hybridized carbons (Fsp3) is 0.324. The summed E-state index contributed by atoms with van der Waals surface area (Å²) in [5.41, 5.74) is 24.2. The number of H-pyrrole nitrogens is 1. The average Bonchev–Trinajstić information content (AvgIpc) is 1.71. The van der Waals surface area contributed by atoms with Gasteiger partial charge in [-0.1, -0.05) is 129 Å². The number of aryl methyl sites for hydroxylation is 8. The molecule has 0 bridgehead atoms. The van der Waals surface area contributed by atoms with Gasteiger partial charge in [-0.15, -0.1) is 56.6 Å². The summed E-state index contributed by atoms with van der Waals surface area (Å²) in [5, 5.41) is 33.5. The number of amides is 2. The number of nitrogens with two attached hydrogens (primary N) is 2. The van der Waals surface area contributed by atoms with Crippen LogP contribution in [-0.2, 0) is 46.4 Å². The first kappa shape index (κ1) is 100. The molecule has 0 saturated heterocycles. The molecule has 0 unspecified atom stereocenters. The number of aromatic nitrogens is 6. The summed E-state index contributed by atoms with van der Waals surface area (Å²) in [4.78, 5) is 54.3.